The van der Waals surface area contributed by atoms with Gasteiger partial charge in [-0.3, -0.25) is 9.59 Å². The predicted molar refractivity (Wildman–Crippen MR) is 140 cm³/mol. The number of hydrogen-bond donors (Lipinski definition) is 1. The lowest BCUT2D eigenvalue weighted by molar-refractivity contribution is -0.141. The van der Waals surface area contributed by atoms with E-state index in [1.807, 2.05) is 20.8 Å². The highest BCUT2D eigenvalue weighted by molar-refractivity contribution is 7.89. The van der Waals surface area contributed by atoms with Crippen LogP contribution < -0.4 is 5.32 Å². The number of carbonyl (C=O) groups is 2. The molecule has 10 heteroatoms. The van der Waals surface area contributed by atoms with Crippen molar-refractivity contribution in [2.24, 2.45) is 0 Å². The maximum absolute atomic E-state index is 13.5. The average molecular weight is 543 g/mol. The summed E-state index contributed by atoms with van der Waals surface area (Å²) in [7, 11) is -2.57. The minimum atomic E-state index is -3.92. The molecule has 192 valence electrons. The van der Waals surface area contributed by atoms with Gasteiger partial charge in [0.25, 0.3) is 0 Å². The van der Waals surface area contributed by atoms with Gasteiger partial charge in [-0.15, -0.1) is 0 Å². The number of nitrogens with one attached hydrogen (secondary N) is 1. The summed E-state index contributed by atoms with van der Waals surface area (Å²) >= 11 is 12.7. The molecule has 2 rings (SSSR count). The van der Waals surface area contributed by atoms with Gasteiger partial charge in [-0.05, 0) is 51.0 Å². The zero-order valence-corrected chi connectivity index (χ0v) is 23.0. The van der Waals surface area contributed by atoms with Gasteiger partial charge in [-0.2, -0.15) is 4.31 Å². The highest BCUT2D eigenvalue weighted by Crippen LogP contribution is 2.27. The summed E-state index contributed by atoms with van der Waals surface area (Å²) in [5, 5.41) is 3.62. The second-order valence-electron chi connectivity index (χ2n) is 8.54. The van der Waals surface area contributed by atoms with Crippen molar-refractivity contribution < 1.29 is 18.0 Å². The molecule has 0 aliphatic heterocycles. The number of amides is 2. The van der Waals surface area contributed by atoms with Gasteiger partial charge in [-0.25, -0.2) is 8.42 Å². The first kappa shape index (κ1) is 29.1. The van der Waals surface area contributed by atoms with Crippen LogP contribution in [0.5, 0.6) is 0 Å². The molecule has 2 aromatic rings. The zero-order valence-electron chi connectivity index (χ0n) is 20.7. The summed E-state index contributed by atoms with van der Waals surface area (Å²) in [6.07, 6.45) is 1.05. The molecule has 2 atom stereocenters. The van der Waals surface area contributed by atoms with Gasteiger partial charge in [0, 0.05) is 35.2 Å². The smallest absolute Gasteiger partial charge is 0.243 e. The number of hydrogen-bond acceptors (Lipinski definition) is 4. The molecule has 2 aromatic carbocycles. The molecule has 35 heavy (non-hydrogen) atoms. The Kier molecular flexibility index (Phi) is 10.6. The van der Waals surface area contributed by atoms with Crippen LogP contribution >= 0.6 is 23.2 Å². The third kappa shape index (κ3) is 7.43. The van der Waals surface area contributed by atoms with Crippen molar-refractivity contribution in [1.82, 2.24) is 14.5 Å². The lowest BCUT2D eigenvalue weighted by Gasteiger charge is -2.33. The molecular formula is C25H33Cl2N3O4S. The average Bonchev–Trinajstić information content (AvgIpc) is 2.80. The van der Waals surface area contributed by atoms with Crippen LogP contribution in [-0.2, 0) is 26.2 Å². The number of rotatable bonds is 11. The Bertz CT molecular complexity index is 1120. The van der Waals surface area contributed by atoms with Crippen LogP contribution in [0.1, 0.15) is 44.7 Å². The van der Waals surface area contributed by atoms with Crippen LogP contribution in [0, 0.1) is 6.92 Å². The van der Waals surface area contributed by atoms with Gasteiger partial charge in [0.2, 0.25) is 21.8 Å². The first-order valence-corrected chi connectivity index (χ1v) is 13.7. The normalized spacial score (nSPS) is 13.4. The number of likely N-dealkylation sites (N-methyl/N-ethyl adjacent to an activating group) is 1. The number of aryl methyl sites for hydroxylation is 1. The summed E-state index contributed by atoms with van der Waals surface area (Å²) < 4.78 is 27.1. The van der Waals surface area contributed by atoms with Gasteiger partial charge in [0.1, 0.15) is 6.04 Å². The van der Waals surface area contributed by atoms with E-state index in [0.29, 0.717) is 22.0 Å². The van der Waals surface area contributed by atoms with E-state index in [2.05, 4.69) is 5.32 Å². The first-order valence-electron chi connectivity index (χ1n) is 11.5. The van der Waals surface area contributed by atoms with Crippen molar-refractivity contribution in [2.75, 3.05) is 13.6 Å². The van der Waals surface area contributed by atoms with Crippen molar-refractivity contribution in [3.63, 3.8) is 0 Å². The highest BCUT2D eigenvalue weighted by atomic mass is 35.5. The van der Waals surface area contributed by atoms with Gasteiger partial charge in [0.15, 0.2) is 0 Å². The van der Waals surface area contributed by atoms with E-state index in [0.717, 1.165) is 16.3 Å². The minimum absolute atomic E-state index is 0.0395. The largest absolute Gasteiger partial charge is 0.352 e. The lowest BCUT2D eigenvalue weighted by Crippen LogP contribution is -2.53. The summed E-state index contributed by atoms with van der Waals surface area (Å²) in [6.45, 7) is 6.99. The van der Waals surface area contributed by atoms with Crippen LogP contribution in [0.4, 0.5) is 0 Å². The van der Waals surface area contributed by atoms with Gasteiger partial charge >= 0.3 is 0 Å². The van der Waals surface area contributed by atoms with Crippen molar-refractivity contribution in [3.8, 4) is 0 Å². The van der Waals surface area contributed by atoms with Crippen molar-refractivity contribution in [2.45, 2.75) is 64.1 Å². The number of halogens is 2. The molecule has 2 amide bonds. The fourth-order valence-corrected chi connectivity index (χ4v) is 5.11. The molecule has 0 aliphatic rings. The Morgan fingerprint density at radius 3 is 2.09 bits per heavy atom. The Hall–Kier alpha value is -2.13. The fourth-order valence-electron chi connectivity index (χ4n) is 3.47. The van der Waals surface area contributed by atoms with Crippen LogP contribution in [0.25, 0.3) is 0 Å². The molecule has 0 radical (unpaired) electrons. The van der Waals surface area contributed by atoms with Gasteiger partial charge in [0.05, 0.1) is 11.4 Å². The Balaban J connectivity index is 2.39. The van der Waals surface area contributed by atoms with Crippen molar-refractivity contribution in [3.05, 3.63) is 63.6 Å². The first-order chi connectivity index (χ1) is 16.4. The van der Waals surface area contributed by atoms with E-state index in [1.54, 1.807) is 37.3 Å². The van der Waals surface area contributed by atoms with E-state index in [1.165, 1.54) is 24.1 Å². The van der Waals surface area contributed by atoms with Crippen LogP contribution in [-0.4, -0.2) is 55.1 Å². The number of sulfonamides is 1. The SMILES string of the molecule is CCC(C)NC(=O)C(CC)N(Cc1c(Cl)cccc1Cl)C(=O)CN(C)S(=O)(=O)c1ccc(C)cc1. The third-order valence-corrected chi connectivity index (χ3v) is 8.39. The second kappa shape index (κ2) is 12.7. The van der Waals surface area contributed by atoms with Gasteiger partial charge < -0.3 is 10.2 Å². The molecule has 0 aliphatic carbocycles. The molecule has 2 unspecified atom stereocenters. The quantitative estimate of drug-likeness (QED) is 0.448. The van der Waals surface area contributed by atoms with E-state index < -0.39 is 28.5 Å². The maximum atomic E-state index is 13.5. The third-order valence-electron chi connectivity index (χ3n) is 5.86. The fraction of sp³-hybridized carbons (Fsp3) is 0.440. The van der Waals surface area contributed by atoms with E-state index in [-0.39, 0.29) is 23.4 Å². The monoisotopic (exact) mass is 541 g/mol. The lowest BCUT2D eigenvalue weighted by atomic mass is 10.1. The molecule has 7 nitrogen and oxygen atoms in total. The topological polar surface area (TPSA) is 86.8 Å². The Labute approximate surface area is 218 Å². The second-order valence-corrected chi connectivity index (χ2v) is 11.4. The predicted octanol–water partition coefficient (Wildman–Crippen LogP) is 4.64. The Morgan fingerprint density at radius 2 is 1.57 bits per heavy atom. The molecule has 0 fully saturated rings. The molecule has 0 saturated heterocycles. The number of carbonyl (C=O) groups excluding carboxylic acids is 2. The molecule has 1 N–H and O–H groups in total. The highest BCUT2D eigenvalue weighted by Gasteiger charge is 2.32. The van der Waals surface area contributed by atoms with Crippen molar-refractivity contribution in [1.29, 1.82) is 0 Å². The molecular weight excluding hydrogens is 509 g/mol. The van der Waals surface area contributed by atoms with E-state index in [9.17, 15) is 18.0 Å². The van der Waals surface area contributed by atoms with Crippen LogP contribution in [0.3, 0.4) is 0 Å². The number of nitrogens with zero attached hydrogens (tertiary/aromatic N) is 2. The molecule has 0 aromatic heterocycles. The van der Waals surface area contributed by atoms with Gasteiger partial charge in [-0.1, -0.05) is 60.8 Å². The van der Waals surface area contributed by atoms with E-state index in [4.69, 9.17) is 23.2 Å². The molecule has 0 heterocycles. The summed E-state index contributed by atoms with van der Waals surface area (Å²) in [5.41, 5.74) is 1.41. The number of benzene rings is 2. The van der Waals surface area contributed by atoms with Crippen LogP contribution in [0.2, 0.25) is 10.0 Å². The summed E-state index contributed by atoms with van der Waals surface area (Å²) in [6, 6.07) is 10.5. The summed E-state index contributed by atoms with van der Waals surface area (Å²) in [4.78, 5) is 28.0. The van der Waals surface area contributed by atoms with Crippen LogP contribution in [0.15, 0.2) is 47.4 Å². The molecule has 0 spiro atoms. The van der Waals surface area contributed by atoms with E-state index >= 15 is 0 Å². The zero-order chi connectivity index (χ0) is 26.3. The maximum Gasteiger partial charge on any atom is 0.243 e. The summed E-state index contributed by atoms with van der Waals surface area (Å²) in [5.74, 6) is -0.854. The standard InChI is InChI=1S/C25H33Cl2N3O4S/c1-6-18(4)28-25(32)23(7-2)30(15-20-21(26)9-8-10-22(20)27)24(31)16-29(5)35(33,34)19-13-11-17(3)12-14-19/h8-14,18,23H,6-7,15-16H2,1-5H3,(H,28,32). The molecule has 0 bridgehead atoms. The Morgan fingerprint density at radius 1 is 1.00 bits per heavy atom. The molecule has 0 saturated carbocycles. The van der Waals surface area contributed by atoms with Crippen molar-refractivity contribution >= 4 is 45.0 Å². The minimum Gasteiger partial charge on any atom is -0.352 e.